The van der Waals surface area contributed by atoms with Gasteiger partial charge in [0.05, 0.1) is 0 Å². The molecule has 1 unspecified atom stereocenters. The van der Waals surface area contributed by atoms with E-state index in [1.807, 2.05) is 14.1 Å². The molecule has 0 aliphatic rings. The highest BCUT2D eigenvalue weighted by molar-refractivity contribution is 5.75. The summed E-state index contributed by atoms with van der Waals surface area (Å²) in [6.45, 7) is 4.54. The van der Waals surface area contributed by atoms with Gasteiger partial charge in [0.2, 0.25) is 5.91 Å². The summed E-state index contributed by atoms with van der Waals surface area (Å²) in [6.07, 6.45) is 5.00. The first kappa shape index (κ1) is 16.4. The van der Waals surface area contributed by atoms with Crippen LogP contribution in [0.25, 0.3) is 0 Å². The second-order valence-electron chi connectivity index (χ2n) is 4.92. The Morgan fingerprint density at radius 1 is 1.29 bits per heavy atom. The van der Waals surface area contributed by atoms with E-state index in [2.05, 4.69) is 17.1 Å². The van der Waals surface area contributed by atoms with Crippen LogP contribution in [0, 0.1) is 5.92 Å². The van der Waals surface area contributed by atoms with Crippen LogP contribution in [-0.4, -0.2) is 44.5 Å². The van der Waals surface area contributed by atoms with Crippen molar-refractivity contribution in [1.82, 2.24) is 10.2 Å². The number of rotatable bonds is 10. The maximum absolute atomic E-state index is 11.6. The van der Waals surface area contributed by atoms with Crippen LogP contribution in [0.3, 0.4) is 0 Å². The van der Waals surface area contributed by atoms with E-state index in [-0.39, 0.29) is 5.91 Å². The van der Waals surface area contributed by atoms with Gasteiger partial charge in [0.25, 0.3) is 0 Å². The monoisotopic (exact) mass is 243 g/mol. The SMILES string of the molecule is CCCC(CCN)CCC(=O)NCCN(C)C. The van der Waals surface area contributed by atoms with Crippen molar-refractivity contribution in [2.45, 2.75) is 39.0 Å². The van der Waals surface area contributed by atoms with E-state index in [1.165, 1.54) is 12.8 Å². The largest absolute Gasteiger partial charge is 0.355 e. The molecule has 4 nitrogen and oxygen atoms in total. The zero-order valence-corrected chi connectivity index (χ0v) is 11.7. The average molecular weight is 243 g/mol. The molecular weight excluding hydrogens is 214 g/mol. The van der Waals surface area contributed by atoms with Gasteiger partial charge in [-0.25, -0.2) is 0 Å². The smallest absolute Gasteiger partial charge is 0.220 e. The van der Waals surface area contributed by atoms with Crippen LogP contribution in [0.15, 0.2) is 0 Å². The van der Waals surface area contributed by atoms with Crippen molar-refractivity contribution in [3.63, 3.8) is 0 Å². The summed E-state index contributed by atoms with van der Waals surface area (Å²) in [5.41, 5.74) is 5.57. The summed E-state index contributed by atoms with van der Waals surface area (Å²) >= 11 is 0. The fraction of sp³-hybridized carbons (Fsp3) is 0.923. The number of nitrogens with one attached hydrogen (secondary N) is 1. The van der Waals surface area contributed by atoms with Crippen molar-refractivity contribution < 1.29 is 4.79 Å². The zero-order valence-electron chi connectivity index (χ0n) is 11.7. The van der Waals surface area contributed by atoms with Crippen LogP contribution < -0.4 is 11.1 Å². The normalized spacial score (nSPS) is 12.8. The summed E-state index contributed by atoms with van der Waals surface area (Å²) in [5, 5.41) is 2.94. The molecule has 102 valence electrons. The second kappa shape index (κ2) is 10.5. The summed E-state index contributed by atoms with van der Waals surface area (Å²) in [4.78, 5) is 13.6. The minimum absolute atomic E-state index is 0.171. The molecule has 0 rings (SSSR count). The topological polar surface area (TPSA) is 58.4 Å². The molecule has 1 atom stereocenters. The maximum atomic E-state index is 11.6. The van der Waals surface area contributed by atoms with E-state index >= 15 is 0 Å². The van der Waals surface area contributed by atoms with Gasteiger partial charge in [-0.05, 0) is 39.4 Å². The molecular formula is C13H29N3O. The zero-order chi connectivity index (χ0) is 13.1. The summed E-state index contributed by atoms with van der Waals surface area (Å²) in [5.74, 6) is 0.787. The van der Waals surface area contributed by atoms with Crippen LogP contribution in [0.4, 0.5) is 0 Å². The van der Waals surface area contributed by atoms with Gasteiger partial charge in [-0.15, -0.1) is 0 Å². The number of nitrogens with zero attached hydrogens (tertiary/aromatic N) is 1. The molecule has 0 heterocycles. The van der Waals surface area contributed by atoms with Gasteiger partial charge in [0.15, 0.2) is 0 Å². The lowest BCUT2D eigenvalue weighted by atomic mass is 9.94. The number of hydrogen-bond donors (Lipinski definition) is 2. The Hall–Kier alpha value is -0.610. The molecule has 0 fully saturated rings. The molecule has 0 spiro atoms. The Labute approximate surface area is 106 Å². The number of carbonyl (C=O) groups is 1. The molecule has 0 aliphatic carbocycles. The molecule has 17 heavy (non-hydrogen) atoms. The standard InChI is InChI=1S/C13H29N3O/c1-4-5-12(8-9-14)6-7-13(17)15-10-11-16(2)3/h12H,4-11,14H2,1-3H3,(H,15,17). The summed E-state index contributed by atoms with van der Waals surface area (Å²) < 4.78 is 0. The van der Waals surface area contributed by atoms with E-state index in [0.29, 0.717) is 12.3 Å². The first-order valence-corrected chi connectivity index (χ1v) is 6.71. The van der Waals surface area contributed by atoms with Crippen LogP contribution in [0.5, 0.6) is 0 Å². The Balaban J connectivity index is 3.64. The van der Waals surface area contributed by atoms with Crippen LogP contribution in [0.2, 0.25) is 0 Å². The number of hydrogen-bond acceptors (Lipinski definition) is 3. The number of amides is 1. The summed E-state index contributed by atoms with van der Waals surface area (Å²) in [6, 6.07) is 0. The van der Waals surface area contributed by atoms with Crippen molar-refractivity contribution in [3.05, 3.63) is 0 Å². The molecule has 0 saturated carbocycles. The van der Waals surface area contributed by atoms with Gasteiger partial charge < -0.3 is 16.0 Å². The third kappa shape index (κ3) is 10.3. The number of carbonyl (C=O) groups excluding carboxylic acids is 1. The highest BCUT2D eigenvalue weighted by atomic mass is 16.1. The van der Waals surface area contributed by atoms with Crippen LogP contribution in [0.1, 0.15) is 39.0 Å². The van der Waals surface area contributed by atoms with E-state index < -0.39 is 0 Å². The Bertz CT molecular complexity index is 189. The molecule has 0 aromatic heterocycles. The number of likely N-dealkylation sites (N-methyl/N-ethyl adjacent to an activating group) is 1. The third-order valence-corrected chi connectivity index (χ3v) is 2.93. The predicted octanol–water partition coefficient (Wildman–Crippen LogP) is 1.21. The Kier molecular flexibility index (Phi) is 10.2. The highest BCUT2D eigenvalue weighted by Gasteiger charge is 2.09. The van der Waals surface area contributed by atoms with Crippen molar-refractivity contribution in [1.29, 1.82) is 0 Å². The first-order chi connectivity index (χ1) is 8.10. The van der Waals surface area contributed by atoms with Gasteiger partial charge in [-0.1, -0.05) is 19.8 Å². The maximum Gasteiger partial charge on any atom is 0.220 e. The molecule has 0 saturated heterocycles. The van der Waals surface area contributed by atoms with Gasteiger partial charge in [-0.3, -0.25) is 4.79 Å². The fourth-order valence-electron chi connectivity index (χ4n) is 1.92. The molecule has 0 aromatic rings. The van der Waals surface area contributed by atoms with Crippen molar-refractivity contribution >= 4 is 5.91 Å². The molecule has 1 amide bonds. The third-order valence-electron chi connectivity index (χ3n) is 2.93. The van der Waals surface area contributed by atoms with E-state index in [9.17, 15) is 4.79 Å². The molecule has 0 aromatic carbocycles. The fourth-order valence-corrected chi connectivity index (χ4v) is 1.92. The second-order valence-corrected chi connectivity index (χ2v) is 4.92. The highest BCUT2D eigenvalue weighted by Crippen LogP contribution is 2.16. The average Bonchev–Trinajstić information content (AvgIpc) is 2.26. The van der Waals surface area contributed by atoms with Gasteiger partial charge >= 0.3 is 0 Å². The Morgan fingerprint density at radius 2 is 2.00 bits per heavy atom. The van der Waals surface area contributed by atoms with Crippen LogP contribution >= 0.6 is 0 Å². The van der Waals surface area contributed by atoms with E-state index in [1.54, 1.807) is 0 Å². The van der Waals surface area contributed by atoms with Gasteiger partial charge in [0.1, 0.15) is 0 Å². The quantitative estimate of drug-likeness (QED) is 0.606. The van der Waals surface area contributed by atoms with Crippen molar-refractivity contribution in [2.75, 3.05) is 33.7 Å². The van der Waals surface area contributed by atoms with Crippen LogP contribution in [-0.2, 0) is 4.79 Å². The molecule has 0 radical (unpaired) electrons. The van der Waals surface area contributed by atoms with Crippen molar-refractivity contribution in [3.8, 4) is 0 Å². The lowest BCUT2D eigenvalue weighted by Gasteiger charge is -2.15. The lowest BCUT2D eigenvalue weighted by Crippen LogP contribution is -2.31. The minimum Gasteiger partial charge on any atom is -0.355 e. The van der Waals surface area contributed by atoms with E-state index in [4.69, 9.17) is 5.73 Å². The minimum atomic E-state index is 0.171. The lowest BCUT2D eigenvalue weighted by molar-refractivity contribution is -0.121. The van der Waals surface area contributed by atoms with Crippen molar-refractivity contribution in [2.24, 2.45) is 11.7 Å². The van der Waals surface area contributed by atoms with E-state index in [0.717, 1.165) is 32.5 Å². The predicted molar refractivity (Wildman–Crippen MR) is 72.9 cm³/mol. The number of nitrogens with two attached hydrogens (primary N) is 1. The first-order valence-electron chi connectivity index (χ1n) is 6.71. The molecule has 0 aliphatic heterocycles. The molecule has 0 bridgehead atoms. The summed E-state index contributed by atoms with van der Waals surface area (Å²) in [7, 11) is 4.01. The van der Waals surface area contributed by atoms with Gasteiger partial charge in [-0.2, -0.15) is 0 Å². The molecule has 4 heteroatoms. The Morgan fingerprint density at radius 3 is 2.53 bits per heavy atom. The molecule has 3 N–H and O–H groups in total. The van der Waals surface area contributed by atoms with Gasteiger partial charge in [0, 0.05) is 19.5 Å².